The molecule has 2 nitrogen and oxygen atoms in total. The van der Waals surface area contributed by atoms with Crippen molar-refractivity contribution in [3.8, 4) is 0 Å². The maximum Gasteiger partial charge on any atom is 0.0233 e. The lowest BCUT2D eigenvalue weighted by atomic mass is 9.88. The van der Waals surface area contributed by atoms with Crippen LogP contribution in [0.15, 0.2) is 30.3 Å². The summed E-state index contributed by atoms with van der Waals surface area (Å²) in [5.74, 6) is 0. The molecule has 94 valence electrons. The molecule has 0 N–H and O–H groups in total. The fourth-order valence-electron chi connectivity index (χ4n) is 2.48. The molecule has 1 aromatic rings. The van der Waals surface area contributed by atoms with E-state index in [1.54, 1.807) is 0 Å². The van der Waals surface area contributed by atoms with Gasteiger partial charge in [-0.1, -0.05) is 30.3 Å². The molecule has 0 aliphatic carbocycles. The molecule has 1 aliphatic heterocycles. The molecule has 0 saturated carbocycles. The van der Waals surface area contributed by atoms with Gasteiger partial charge in [0, 0.05) is 25.2 Å². The van der Waals surface area contributed by atoms with Crippen molar-refractivity contribution in [1.82, 2.24) is 9.80 Å². The van der Waals surface area contributed by atoms with Crippen LogP contribution in [0.5, 0.6) is 0 Å². The van der Waals surface area contributed by atoms with Gasteiger partial charge in [0.05, 0.1) is 0 Å². The third-order valence-corrected chi connectivity index (χ3v) is 4.26. The predicted octanol–water partition coefficient (Wildman–Crippen LogP) is 2.60. The van der Waals surface area contributed by atoms with Gasteiger partial charge in [0.1, 0.15) is 0 Å². The lowest BCUT2D eigenvalue weighted by Gasteiger charge is -2.43. The molecule has 1 saturated heterocycles. The van der Waals surface area contributed by atoms with E-state index in [4.69, 9.17) is 0 Å². The van der Waals surface area contributed by atoms with Crippen molar-refractivity contribution >= 4 is 0 Å². The highest BCUT2D eigenvalue weighted by atomic mass is 15.2. The first-order valence-electron chi connectivity index (χ1n) is 6.54. The Morgan fingerprint density at radius 2 is 1.71 bits per heavy atom. The number of piperidine rings is 1. The Balaban J connectivity index is 1.88. The van der Waals surface area contributed by atoms with Crippen molar-refractivity contribution in [2.75, 3.05) is 27.2 Å². The first-order chi connectivity index (χ1) is 8.10. The van der Waals surface area contributed by atoms with Gasteiger partial charge in [-0.2, -0.15) is 0 Å². The van der Waals surface area contributed by atoms with Crippen LogP contribution in [0.25, 0.3) is 0 Å². The molecule has 0 amide bonds. The molecule has 0 bridgehead atoms. The molecule has 1 heterocycles. The van der Waals surface area contributed by atoms with Crippen molar-refractivity contribution in [1.29, 1.82) is 0 Å². The average Bonchev–Trinajstić information content (AvgIpc) is 2.33. The zero-order valence-electron chi connectivity index (χ0n) is 11.3. The molecule has 17 heavy (non-hydrogen) atoms. The van der Waals surface area contributed by atoms with E-state index >= 15 is 0 Å². The van der Waals surface area contributed by atoms with Crippen LogP contribution in [-0.2, 0) is 6.54 Å². The number of hydrogen-bond donors (Lipinski definition) is 0. The van der Waals surface area contributed by atoms with E-state index in [2.05, 4.69) is 61.2 Å². The minimum absolute atomic E-state index is 0.396. The molecule has 0 unspecified atom stereocenters. The molecule has 1 fully saturated rings. The average molecular weight is 232 g/mol. The SMILES string of the molecule is CN(C)C1(C)CCN(Cc2ccccc2)CC1. The van der Waals surface area contributed by atoms with Crippen molar-refractivity contribution in [3.05, 3.63) is 35.9 Å². The summed E-state index contributed by atoms with van der Waals surface area (Å²) < 4.78 is 0. The maximum atomic E-state index is 2.57. The molecule has 2 rings (SSSR count). The second kappa shape index (κ2) is 5.19. The van der Waals surface area contributed by atoms with Crippen LogP contribution in [0.4, 0.5) is 0 Å². The molecule has 0 aromatic heterocycles. The van der Waals surface area contributed by atoms with Gasteiger partial charge in [-0.05, 0) is 39.4 Å². The Hall–Kier alpha value is -0.860. The summed E-state index contributed by atoms with van der Waals surface area (Å²) in [7, 11) is 4.40. The van der Waals surface area contributed by atoms with E-state index in [-0.39, 0.29) is 0 Å². The smallest absolute Gasteiger partial charge is 0.0233 e. The normalized spacial score (nSPS) is 20.7. The van der Waals surface area contributed by atoms with Crippen molar-refractivity contribution < 1.29 is 0 Å². The van der Waals surface area contributed by atoms with E-state index < -0.39 is 0 Å². The van der Waals surface area contributed by atoms with Crippen LogP contribution in [0.1, 0.15) is 25.3 Å². The highest BCUT2D eigenvalue weighted by Crippen LogP contribution is 2.26. The summed E-state index contributed by atoms with van der Waals surface area (Å²) in [5, 5.41) is 0. The molecular formula is C15H24N2. The summed E-state index contributed by atoms with van der Waals surface area (Å²) in [4.78, 5) is 4.95. The fourth-order valence-corrected chi connectivity index (χ4v) is 2.48. The van der Waals surface area contributed by atoms with Gasteiger partial charge < -0.3 is 4.90 Å². The summed E-state index contributed by atoms with van der Waals surface area (Å²) >= 11 is 0. The van der Waals surface area contributed by atoms with Crippen molar-refractivity contribution in [2.45, 2.75) is 31.8 Å². The molecule has 2 heteroatoms. The maximum absolute atomic E-state index is 2.57. The van der Waals surface area contributed by atoms with Gasteiger partial charge in [-0.15, -0.1) is 0 Å². The predicted molar refractivity (Wildman–Crippen MR) is 73.0 cm³/mol. The number of nitrogens with zero attached hydrogens (tertiary/aromatic N) is 2. The minimum atomic E-state index is 0.396. The van der Waals surface area contributed by atoms with Crippen molar-refractivity contribution in [2.24, 2.45) is 0 Å². The van der Waals surface area contributed by atoms with E-state index in [1.807, 2.05) is 0 Å². The second-order valence-corrected chi connectivity index (χ2v) is 5.65. The summed E-state index contributed by atoms with van der Waals surface area (Å²) in [6.45, 7) is 5.91. The minimum Gasteiger partial charge on any atom is -0.304 e. The van der Waals surface area contributed by atoms with Gasteiger partial charge >= 0.3 is 0 Å². The third-order valence-electron chi connectivity index (χ3n) is 4.26. The quantitative estimate of drug-likeness (QED) is 0.790. The van der Waals surface area contributed by atoms with E-state index in [1.165, 1.54) is 31.5 Å². The molecular weight excluding hydrogens is 208 g/mol. The van der Waals surface area contributed by atoms with Crippen LogP contribution in [0.3, 0.4) is 0 Å². The zero-order chi connectivity index (χ0) is 12.3. The van der Waals surface area contributed by atoms with Gasteiger partial charge in [-0.25, -0.2) is 0 Å². The first-order valence-corrected chi connectivity index (χ1v) is 6.54. The molecule has 0 spiro atoms. The van der Waals surface area contributed by atoms with Gasteiger partial charge in [0.15, 0.2) is 0 Å². The van der Waals surface area contributed by atoms with Gasteiger partial charge in [0.25, 0.3) is 0 Å². The number of rotatable bonds is 3. The van der Waals surface area contributed by atoms with Crippen LogP contribution in [0.2, 0.25) is 0 Å². The summed E-state index contributed by atoms with van der Waals surface area (Å²) in [5.41, 5.74) is 1.83. The Labute approximate surface area is 105 Å². The lowest BCUT2D eigenvalue weighted by molar-refractivity contribution is 0.0676. The summed E-state index contributed by atoms with van der Waals surface area (Å²) in [6.07, 6.45) is 2.54. The largest absolute Gasteiger partial charge is 0.304 e. The Morgan fingerprint density at radius 1 is 1.12 bits per heavy atom. The van der Waals surface area contributed by atoms with Crippen LogP contribution in [-0.4, -0.2) is 42.5 Å². The van der Waals surface area contributed by atoms with Crippen LogP contribution >= 0.6 is 0 Å². The molecule has 0 atom stereocenters. The molecule has 0 radical (unpaired) electrons. The summed E-state index contributed by atoms with van der Waals surface area (Å²) in [6, 6.07) is 10.8. The zero-order valence-corrected chi connectivity index (χ0v) is 11.3. The number of benzene rings is 1. The van der Waals surface area contributed by atoms with E-state index in [0.717, 1.165) is 6.54 Å². The van der Waals surface area contributed by atoms with Gasteiger partial charge in [-0.3, -0.25) is 4.90 Å². The van der Waals surface area contributed by atoms with Crippen molar-refractivity contribution in [3.63, 3.8) is 0 Å². The van der Waals surface area contributed by atoms with E-state index in [9.17, 15) is 0 Å². The second-order valence-electron chi connectivity index (χ2n) is 5.65. The Bertz CT molecular complexity index is 337. The highest BCUT2D eigenvalue weighted by Gasteiger charge is 2.31. The Kier molecular flexibility index (Phi) is 3.85. The first kappa shape index (κ1) is 12.6. The number of likely N-dealkylation sites (tertiary alicyclic amines) is 1. The molecule has 1 aliphatic rings. The van der Waals surface area contributed by atoms with Crippen LogP contribution in [0, 0.1) is 0 Å². The number of hydrogen-bond acceptors (Lipinski definition) is 2. The van der Waals surface area contributed by atoms with E-state index in [0.29, 0.717) is 5.54 Å². The van der Waals surface area contributed by atoms with Crippen LogP contribution < -0.4 is 0 Å². The highest BCUT2D eigenvalue weighted by molar-refractivity contribution is 5.14. The Morgan fingerprint density at radius 3 is 2.24 bits per heavy atom. The van der Waals surface area contributed by atoms with Gasteiger partial charge in [0.2, 0.25) is 0 Å². The lowest BCUT2D eigenvalue weighted by Crippen LogP contribution is -2.50. The topological polar surface area (TPSA) is 6.48 Å². The third kappa shape index (κ3) is 3.08. The fraction of sp³-hybridized carbons (Fsp3) is 0.600. The standard InChI is InChI=1S/C15H24N2/c1-15(16(2)3)9-11-17(12-10-15)13-14-7-5-4-6-8-14/h4-8H,9-13H2,1-3H3. The monoisotopic (exact) mass is 232 g/mol. The molecule has 1 aromatic carbocycles.